The molecule has 0 atom stereocenters. The number of benzene rings is 9. The van der Waals surface area contributed by atoms with Crippen LogP contribution in [0.1, 0.15) is 79.0 Å². The summed E-state index contributed by atoms with van der Waals surface area (Å²) in [6.07, 6.45) is 1.88. The Morgan fingerprint density at radius 2 is 1.20 bits per heavy atom. The van der Waals surface area contributed by atoms with Crippen LogP contribution >= 0.6 is 0 Å². The average Bonchev–Trinajstić information content (AvgIpc) is 3.96. The average molecular weight is 1140 g/mol. The number of phenols is 1. The number of phenolic OH excluding ortho intramolecular Hbond substituents is 1. The van der Waals surface area contributed by atoms with Gasteiger partial charge in [-0.3, -0.25) is 9.55 Å². The number of hydrogen-bond donors (Lipinski definition) is 1. The van der Waals surface area contributed by atoms with Gasteiger partial charge in [0, 0.05) is 49.5 Å². The number of para-hydroxylation sites is 1. The molecule has 6 heteroatoms. The van der Waals surface area contributed by atoms with Crippen LogP contribution in [-0.4, -0.2) is 19.6 Å². The number of rotatable bonds is 6. The first-order valence-corrected chi connectivity index (χ1v) is 25.4. The molecule has 12 aromatic rings. The molecule has 0 spiro atoms. The maximum atomic E-state index is 12.7. The van der Waals surface area contributed by atoms with Crippen LogP contribution in [-0.2, 0) is 37.3 Å². The van der Waals surface area contributed by atoms with Gasteiger partial charge in [0.2, 0.25) is 0 Å². The summed E-state index contributed by atoms with van der Waals surface area (Å²) in [5, 5.41) is 19.4. The van der Waals surface area contributed by atoms with Crippen molar-refractivity contribution in [1.29, 1.82) is 0 Å². The molecular formula is C68H58N3O2Pt-. The van der Waals surface area contributed by atoms with Crippen LogP contribution in [0.2, 0.25) is 0 Å². The van der Waals surface area contributed by atoms with Gasteiger partial charge in [0.25, 0.3) is 0 Å². The van der Waals surface area contributed by atoms with E-state index in [-0.39, 0.29) is 43.1 Å². The first-order chi connectivity index (χ1) is 35.0. The number of aromatic nitrogens is 3. The topological polar surface area (TPSA) is 64.1 Å². The first-order valence-electron chi connectivity index (χ1n) is 25.4. The second-order valence-electron chi connectivity index (χ2n) is 22.8. The van der Waals surface area contributed by atoms with E-state index in [1.165, 1.54) is 16.3 Å². The van der Waals surface area contributed by atoms with Crippen LogP contribution in [0, 0.1) is 6.07 Å². The van der Waals surface area contributed by atoms with Crippen LogP contribution in [0.25, 0.3) is 116 Å². The van der Waals surface area contributed by atoms with Crippen LogP contribution in [0.15, 0.2) is 187 Å². The van der Waals surface area contributed by atoms with E-state index in [0.717, 1.165) is 105 Å². The minimum Gasteiger partial charge on any atom is -0.507 e. The van der Waals surface area contributed by atoms with Gasteiger partial charge in [-0.25, -0.2) is 4.98 Å². The predicted octanol–water partition coefficient (Wildman–Crippen LogP) is 18.4. The summed E-state index contributed by atoms with van der Waals surface area (Å²) in [5.74, 6) is 0.887. The Labute approximate surface area is 447 Å². The molecule has 368 valence electrons. The van der Waals surface area contributed by atoms with E-state index >= 15 is 0 Å². The summed E-state index contributed by atoms with van der Waals surface area (Å²) in [4.78, 5) is 10.8. The zero-order valence-electron chi connectivity index (χ0n) is 43.3. The van der Waals surface area contributed by atoms with Gasteiger partial charge in [-0.1, -0.05) is 201 Å². The summed E-state index contributed by atoms with van der Waals surface area (Å²) < 4.78 is 9.26. The maximum Gasteiger partial charge on any atom is 0.148 e. The fourth-order valence-electron chi connectivity index (χ4n) is 10.6. The third-order valence-electron chi connectivity index (χ3n) is 14.7. The third-order valence-corrected chi connectivity index (χ3v) is 14.7. The number of hydrogen-bond acceptors (Lipinski definition) is 4. The van der Waals surface area contributed by atoms with Crippen molar-refractivity contribution >= 4 is 54.5 Å². The Kier molecular flexibility index (Phi) is 11.9. The quantitative estimate of drug-likeness (QED) is 0.133. The molecule has 74 heavy (non-hydrogen) atoms. The van der Waals surface area contributed by atoms with Crippen molar-refractivity contribution in [3.8, 4) is 67.5 Å². The SMILES string of the molecule is CC(C)(C)c1ccc(-n2c(-c3cc(C(C)(C)C)cc(C(C)(C)C)c3O)nc3c(-c4[c-]c(-c5cc(-c6ccccc6)ccn5)c5oc6cc7ccc8ccccc8c7cc6c5c4)cccc32)c(-c2ccccc2)c1.[Pt]. The molecule has 0 radical (unpaired) electrons. The van der Waals surface area contributed by atoms with Crippen LogP contribution in [0.4, 0.5) is 0 Å². The normalized spacial score (nSPS) is 12.3. The van der Waals surface area contributed by atoms with E-state index in [9.17, 15) is 5.11 Å². The maximum absolute atomic E-state index is 12.7. The van der Waals surface area contributed by atoms with Crippen molar-refractivity contribution in [1.82, 2.24) is 14.5 Å². The molecule has 0 saturated heterocycles. The molecule has 0 aliphatic carbocycles. The molecule has 9 aromatic carbocycles. The van der Waals surface area contributed by atoms with Gasteiger partial charge in [-0.05, 0) is 113 Å². The molecule has 0 amide bonds. The molecule has 0 saturated carbocycles. The second-order valence-corrected chi connectivity index (χ2v) is 22.8. The zero-order chi connectivity index (χ0) is 50.6. The number of pyridine rings is 1. The third kappa shape index (κ3) is 8.42. The zero-order valence-corrected chi connectivity index (χ0v) is 45.6. The first kappa shape index (κ1) is 48.7. The van der Waals surface area contributed by atoms with Crippen molar-refractivity contribution in [2.24, 2.45) is 0 Å². The van der Waals surface area contributed by atoms with Crippen molar-refractivity contribution in [2.45, 2.75) is 78.6 Å². The second kappa shape index (κ2) is 18.1. The van der Waals surface area contributed by atoms with Gasteiger partial charge >= 0.3 is 0 Å². The Balaban J connectivity index is 0.00000588. The monoisotopic (exact) mass is 1140 g/mol. The van der Waals surface area contributed by atoms with E-state index in [2.05, 4.69) is 243 Å². The molecule has 3 heterocycles. The van der Waals surface area contributed by atoms with E-state index in [0.29, 0.717) is 11.4 Å². The smallest absolute Gasteiger partial charge is 0.148 e. The standard InChI is InChI=1S/C68H58N3O2.Pt/c1-66(2,3)47-29-30-59(52(37-47)42-21-14-11-15-22-42)71-60-26-18-25-50(62(60)70-65(71)56-38-48(67(4,5)6)39-57(63(56)72)68(7,8)9)46-33-54-53-40-51-45(28-27-43-23-16-17-24-49(43)51)36-61(53)73-64(54)55(34-46)58-35-44(31-32-69-58)41-19-12-10-13-20-41;/h10-33,35-40,72H,1-9H3;/q-1;. The van der Waals surface area contributed by atoms with Gasteiger partial charge in [-0.2, -0.15) is 0 Å². The van der Waals surface area contributed by atoms with E-state index in [1.54, 1.807) is 0 Å². The van der Waals surface area contributed by atoms with Gasteiger partial charge in [-0.15, -0.1) is 17.7 Å². The summed E-state index contributed by atoms with van der Waals surface area (Å²) >= 11 is 0. The van der Waals surface area contributed by atoms with Crippen LogP contribution < -0.4 is 0 Å². The summed E-state index contributed by atoms with van der Waals surface area (Å²) in [5.41, 5.74) is 15.0. The number of aromatic hydroxyl groups is 1. The molecular weight excluding hydrogens is 1090 g/mol. The fourth-order valence-corrected chi connectivity index (χ4v) is 10.6. The molecule has 1 N–H and O–H groups in total. The summed E-state index contributed by atoms with van der Waals surface area (Å²) in [6.45, 7) is 20.0. The predicted molar refractivity (Wildman–Crippen MR) is 305 cm³/mol. The summed E-state index contributed by atoms with van der Waals surface area (Å²) in [6, 6.07) is 66.3. The molecule has 0 fully saturated rings. The van der Waals surface area contributed by atoms with Crippen LogP contribution in [0.3, 0.4) is 0 Å². The number of nitrogens with zero attached hydrogens (tertiary/aromatic N) is 3. The number of fused-ring (bicyclic) bond motifs is 7. The van der Waals surface area contributed by atoms with Crippen molar-refractivity contribution in [2.75, 3.05) is 0 Å². The minimum absolute atomic E-state index is 0. The van der Waals surface area contributed by atoms with Crippen molar-refractivity contribution < 1.29 is 30.6 Å². The molecule has 0 bridgehead atoms. The number of furan rings is 1. The van der Waals surface area contributed by atoms with Crippen LogP contribution in [0.5, 0.6) is 5.75 Å². The van der Waals surface area contributed by atoms with Gasteiger partial charge in [0.1, 0.15) is 17.2 Å². The Bertz CT molecular complexity index is 4150. The Morgan fingerprint density at radius 3 is 1.93 bits per heavy atom. The van der Waals surface area contributed by atoms with E-state index in [4.69, 9.17) is 14.4 Å². The number of imidazole rings is 1. The van der Waals surface area contributed by atoms with Gasteiger partial charge in [0.05, 0.1) is 27.9 Å². The van der Waals surface area contributed by atoms with E-state index in [1.807, 2.05) is 12.3 Å². The van der Waals surface area contributed by atoms with Crippen molar-refractivity contribution in [3.63, 3.8) is 0 Å². The molecule has 0 aliphatic rings. The molecule has 5 nitrogen and oxygen atoms in total. The minimum atomic E-state index is -0.358. The largest absolute Gasteiger partial charge is 0.507 e. The van der Waals surface area contributed by atoms with Gasteiger partial charge < -0.3 is 9.52 Å². The molecule has 0 unspecified atom stereocenters. The molecule has 0 aliphatic heterocycles. The fraction of sp³-hybridized carbons (Fsp3) is 0.176. The molecule has 12 rings (SSSR count). The molecule has 3 aromatic heterocycles. The Hall–Kier alpha value is -7.59. The Morgan fingerprint density at radius 1 is 0.514 bits per heavy atom. The van der Waals surface area contributed by atoms with Gasteiger partial charge in [0.15, 0.2) is 0 Å². The van der Waals surface area contributed by atoms with E-state index < -0.39 is 0 Å². The van der Waals surface area contributed by atoms with Crippen molar-refractivity contribution in [3.05, 3.63) is 205 Å². The summed E-state index contributed by atoms with van der Waals surface area (Å²) in [7, 11) is 0.